The molecule has 34 heavy (non-hydrogen) atoms. The van der Waals surface area contributed by atoms with Crippen LogP contribution in [0.1, 0.15) is 97.1 Å². The van der Waals surface area contributed by atoms with Gasteiger partial charge in [0.05, 0.1) is 0 Å². The second-order valence-electron chi connectivity index (χ2n) is 9.83. The Balaban J connectivity index is 2.52. The molecule has 0 bridgehead atoms. The fraction of sp³-hybridized carbons (Fsp3) is 0.600. The summed E-state index contributed by atoms with van der Waals surface area (Å²) in [5.74, 6) is 0. The molecule has 0 spiro atoms. The Morgan fingerprint density at radius 2 is 1.06 bits per heavy atom. The third-order valence-corrected chi connectivity index (χ3v) is 35.1. The van der Waals surface area contributed by atoms with Crippen LogP contribution in [-0.4, -0.2) is 39.4 Å². The minimum absolute atomic E-state index is 0.455. The molecule has 0 atom stereocenters. The molecule has 2 aromatic rings. The Bertz CT molecular complexity index is 710. The first-order chi connectivity index (χ1) is 16.5. The van der Waals surface area contributed by atoms with E-state index in [1.54, 1.807) is 0 Å². The van der Waals surface area contributed by atoms with Gasteiger partial charge in [0.1, 0.15) is 0 Å². The van der Waals surface area contributed by atoms with E-state index in [2.05, 4.69) is 95.3 Å². The molecule has 0 N–H and O–H groups in total. The summed E-state index contributed by atoms with van der Waals surface area (Å²) in [5, 5.41) is 0. The predicted molar refractivity (Wildman–Crippen MR) is 152 cm³/mol. The summed E-state index contributed by atoms with van der Waals surface area (Å²) in [6.45, 7) is 11.6. The van der Waals surface area contributed by atoms with Crippen LogP contribution in [-0.2, 0) is 10.1 Å². The van der Waals surface area contributed by atoms with Gasteiger partial charge in [0.15, 0.2) is 0 Å². The van der Waals surface area contributed by atoms with E-state index in [-0.39, 0.29) is 0 Å². The van der Waals surface area contributed by atoms with Gasteiger partial charge in [-0.25, -0.2) is 0 Å². The Labute approximate surface area is 223 Å². The van der Waals surface area contributed by atoms with E-state index in [4.69, 9.17) is 4.49 Å². The molecule has 0 amide bonds. The molecule has 2 rings (SSSR count). The average Bonchev–Trinajstić information content (AvgIpc) is 2.88. The van der Waals surface area contributed by atoms with Crippen LogP contribution in [0.3, 0.4) is 0 Å². The zero-order valence-electron chi connectivity index (χ0n) is 22.6. The van der Waals surface area contributed by atoms with E-state index in [1.165, 1.54) is 80.2 Å². The molecule has 0 aliphatic heterocycles. The van der Waals surface area contributed by atoms with Crippen molar-refractivity contribution >= 4 is 39.4 Å². The maximum atomic E-state index is 7.63. The summed E-state index contributed by atoms with van der Waals surface area (Å²) in [4.78, 5) is 0. The van der Waals surface area contributed by atoms with E-state index < -0.39 is 45.0 Å². The van der Waals surface area contributed by atoms with Crippen molar-refractivity contribution in [3.8, 4) is 0 Å². The van der Waals surface area contributed by atoms with E-state index in [0.29, 0.717) is 0 Å². The number of hydrogen-bond donors (Lipinski definition) is 0. The Kier molecular flexibility index (Phi) is 14.8. The Hall–Kier alpha value is -0.0426. The second kappa shape index (κ2) is 16.7. The first-order valence-corrected chi connectivity index (χ1v) is 25.4. The van der Waals surface area contributed by atoms with Crippen molar-refractivity contribution in [2.45, 2.75) is 109 Å². The molecule has 0 unspecified atom stereocenters. The monoisotopic (exact) mass is 681 g/mol. The molecule has 0 aromatic heterocycles. The van der Waals surface area contributed by atoms with Crippen molar-refractivity contribution in [1.82, 2.24) is 0 Å². The average molecular weight is 679 g/mol. The molecule has 0 fully saturated rings. The first-order valence-electron chi connectivity index (χ1n) is 13.9. The number of rotatable bonds is 18. The topological polar surface area (TPSA) is 18.5 Å². The van der Waals surface area contributed by atoms with Crippen LogP contribution in [0.5, 0.6) is 0 Å². The molecule has 2 nitrogen and oxygen atoms in total. The summed E-state index contributed by atoms with van der Waals surface area (Å²) in [5.41, 5.74) is 2.06. The van der Waals surface area contributed by atoms with Gasteiger partial charge in [-0.3, -0.25) is 0 Å². The SMILES string of the molecule is CCC[CH2][Sn]([CH2]CCC)[O][Sn]([CH2]CCC)([CH2]CCC)[O]C(C)(c1ccccc1)c1ccccc1. The molecule has 1 radical (unpaired) electrons. The molecule has 189 valence electrons. The Morgan fingerprint density at radius 3 is 1.44 bits per heavy atom. The van der Waals surface area contributed by atoms with Crippen LogP contribution >= 0.6 is 0 Å². The zero-order chi connectivity index (χ0) is 24.7. The first kappa shape index (κ1) is 30.2. The molecule has 0 aliphatic rings. The van der Waals surface area contributed by atoms with Crippen molar-refractivity contribution in [2.75, 3.05) is 0 Å². The van der Waals surface area contributed by atoms with Crippen LogP contribution in [0.4, 0.5) is 0 Å². The van der Waals surface area contributed by atoms with E-state index in [0.717, 1.165) is 0 Å². The van der Waals surface area contributed by atoms with E-state index in [9.17, 15) is 0 Å². The second-order valence-corrected chi connectivity index (χ2v) is 28.9. The van der Waals surface area contributed by atoms with Crippen molar-refractivity contribution < 1.29 is 4.49 Å². The van der Waals surface area contributed by atoms with Crippen molar-refractivity contribution in [3.63, 3.8) is 0 Å². The molecular formula is C30H49O2Sn2. The molecule has 0 saturated carbocycles. The third-order valence-electron chi connectivity index (χ3n) is 6.81. The maximum absolute atomic E-state index is 7.63. The van der Waals surface area contributed by atoms with Gasteiger partial charge < -0.3 is 0 Å². The van der Waals surface area contributed by atoms with Crippen LogP contribution in [0.2, 0.25) is 17.7 Å². The molecule has 0 saturated heterocycles. The van der Waals surface area contributed by atoms with Crippen LogP contribution < -0.4 is 0 Å². The fourth-order valence-electron chi connectivity index (χ4n) is 4.65. The van der Waals surface area contributed by atoms with E-state index >= 15 is 0 Å². The molecular weight excluding hydrogens is 630 g/mol. The number of hydrogen-bond acceptors (Lipinski definition) is 2. The number of unbranched alkanes of at least 4 members (excludes halogenated alkanes) is 4. The van der Waals surface area contributed by atoms with Crippen molar-refractivity contribution in [2.24, 2.45) is 0 Å². The standard InChI is InChI=1S/C14H13O.4C4H9.O.2Sn/c1-14(15,12-8-4-2-5-9-12)13-10-6-3-7-11-13;4*1-3-4-2;;;/h2-11H,1H3;4*1,3-4H2,2H3;;;/q-1;;;;;;;+1. The fourth-order valence-corrected chi connectivity index (χ4v) is 40.3. The minimum atomic E-state index is -3.40. The van der Waals surface area contributed by atoms with Gasteiger partial charge in [-0.05, 0) is 0 Å². The quantitative estimate of drug-likeness (QED) is 0.146. The Morgan fingerprint density at radius 1 is 0.647 bits per heavy atom. The van der Waals surface area contributed by atoms with Gasteiger partial charge in [0, 0.05) is 0 Å². The van der Waals surface area contributed by atoms with Gasteiger partial charge in [0.25, 0.3) is 0 Å². The van der Waals surface area contributed by atoms with Crippen LogP contribution in [0.25, 0.3) is 0 Å². The van der Waals surface area contributed by atoms with Gasteiger partial charge >= 0.3 is 225 Å². The van der Waals surface area contributed by atoms with Crippen LogP contribution in [0, 0.1) is 0 Å². The summed E-state index contributed by atoms with van der Waals surface area (Å²) in [6, 6.07) is 21.8. The third kappa shape index (κ3) is 9.44. The zero-order valence-corrected chi connectivity index (χ0v) is 28.3. The van der Waals surface area contributed by atoms with Gasteiger partial charge in [-0.1, -0.05) is 0 Å². The van der Waals surface area contributed by atoms with Gasteiger partial charge in [-0.15, -0.1) is 0 Å². The molecule has 2 aromatic carbocycles. The molecule has 0 heterocycles. The summed E-state index contributed by atoms with van der Waals surface area (Å²) in [6.07, 6.45) is 10.1. The normalized spacial score (nSPS) is 12.4. The van der Waals surface area contributed by atoms with Crippen molar-refractivity contribution in [1.29, 1.82) is 0 Å². The summed E-state index contributed by atoms with van der Waals surface area (Å²) in [7, 11) is 0. The van der Waals surface area contributed by atoms with Gasteiger partial charge in [0.2, 0.25) is 0 Å². The molecule has 4 heteroatoms. The number of benzene rings is 2. The summed E-state index contributed by atoms with van der Waals surface area (Å²) >= 11 is -5.36. The predicted octanol–water partition coefficient (Wildman–Crippen LogP) is 9.62. The molecule has 0 aliphatic carbocycles. The van der Waals surface area contributed by atoms with Crippen LogP contribution in [0.15, 0.2) is 60.7 Å². The van der Waals surface area contributed by atoms with Gasteiger partial charge in [-0.2, -0.15) is 0 Å². The van der Waals surface area contributed by atoms with E-state index in [1.807, 2.05) is 0 Å². The summed E-state index contributed by atoms with van der Waals surface area (Å²) < 4.78 is 20.3. The van der Waals surface area contributed by atoms with Crippen molar-refractivity contribution in [3.05, 3.63) is 71.8 Å².